The van der Waals surface area contributed by atoms with E-state index in [-0.39, 0.29) is 11.7 Å². The molecule has 0 radical (unpaired) electrons. The molecule has 3 N–H and O–H groups in total. The molecule has 2 rings (SSSR count). The summed E-state index contributed by atoms with van der Waals surface area (Å²) in [5.41, 5.74) is 6.84. The van der Waals surface area contributed by atoms with E-state index >= 15 is 0 Å². The second-order valence-electron chi connectivity index (χ2n) is 4.24. The third kappa shape index (κ3) is 3.00. The molecule has 6 nitrogen and oxygen atoms in total. The zero-order chi connectivity index (χ0) is 14.5. The molecule has 0 bridgehead atoms. The number of nitrogens with zero attached hydrogens (tertiary/aromatic N) is 4. The summed E-state index contributed by atoms with van der Waals surface area (Å²) < 4.78 is 13.2. The summed E-state index contributed by atoms with van der Waals surface area (Å²) in [7, 11) is 1.77. The average molecular weight is 275 g/mol. The van der Waals surface area contributed by atoms with Gasteiger partial charge in [0.05, 0.1) is 11.8 Å². The third-order valence-corrected chi connectivity index (χ3v) is 2.76. The van der Waals surface area contributed by atoms with Gasteiger partial charge in [0.15, 0.2) is 11.7 Å². The van der Waals surface area contributed by atoms with Crippen molar-refractivity contribution in [2.75, 3.05) is 11.9 Å². The molecule has 1 aromatic carbocycles. The predicted octanol–water partition coefficient (Wildman–Crippen LogP) is 1.35. The fourth-order valence-corrected chi connectivity index (χ4v) is 1.84. The maximum absolute atomic E-state index is 13.2. The van der Waals surface area contributed by atoms with Gasteiger partial charge in [-0.05, 0) is 23.8 Å². The topological polar surface area (TPSA) is 87.6 Å². The fourth-order valence-electron chi connectivity index (χ4n) is 1.84. The molecule has 0 saturated carbocycles. The zero-order valence-corrected chi connectivity index (χ0v) is 10.9. The van der Waals surface area contributed by atoms with Crippen LogP contribution in [-0.2, 0) is 6.54 Å². The van der Waals surface area contributed by atoms with Crippen LogP contribution in [0.25, 0.3) is 0 Å². The van der Waals surface area contributed by atoms with Gasteiger partial charge in [0.25, 0.3) is 0 Å². The van der Waals surface area contributed by atoms with Crippen molar-refractivity contribution in [2.24, 2.45) is 10.9 Å². The maximum Gasteiger partial charge on any atom is 0.173 e. The highest BCUT2D eigenvalue weighted by atomic mass is 19.1. The van der Waals surface area contributed by atoms with Crippen LogP contribution < -0.4 is 10.6 Å². The van der Waals surface area contributed by atoms with Gasteiger partial charge >= 0.3 is 0 Å². The Labute approximate surface area is 115 Å². The monoisotopic (exact) mass is 275 g/mol. The normalized spacial score (nSPS) is 11.4. The molecule has 0 fully saturated rings. The molecular weight excluding hydrogens is 261 g/mol. The minimum atomic E-state index is -0.299. The van der Waals surface area contributed by atoms with Gasteiger partial charge in [0.1, 0.15) is 5.82 Å². The molecule has 0 aliphatic carbocycles. The van der Waals surface area contributed by atoms with Gasteiger partial charge < -0.3 is 15.8 Å². The molecule has 0 aliphatic rings. The van der Waals surface area contributed by atoms with E-state index in [1.165, 1.54) is 18.3 Å². The number of benzene rings is 1. The molecule has 0 aliphatic heterocycles. The van der Waals surface area contributed by atoms with Crippen LogP contribution in [0.3, 0.4) is 0 Å². The van der Waals surface area contributed by atoms with Crippen LogP contribution in [0.15, 0.2) is 41.7 Å². The minimum absolute atomic E-state index is 0.0546. The lowest BCUT2D eigenvalue weighted by Crippen LogP contribution is -2.24. The first kappa shape index (κ1) is 13.7. The summed E-state index contributed by atoms with van der Waals surface area (Å²) in [4.78, 5) is 1.75. The first-order valence-corrected chi connectivity index (χ1v) is 5.87. The van der Waals surface area contributed by atoms with Crippen molar-refractivity contribution in [3.63, 3.8) is 0 Å². The van der Waals surface area contributed by atoms with E-state index < -0.39 is 0 Å². The Hall–Kier alpha value is -2.70. The second-order valence-corrected chi connectivity index (χ2v) is 4.24. The molecular formula is C13H14FN5O. The van der Waals surface area contributed by atoms with Gasteiger partial charge in [-0.1, -0.05) is 17.3 Å². The second kappa shape index (κ2) is 5.96. The van der Waals surface area contributed by atoms with Crippen molar-refractivity contribution in [1.29, 1.82) is 0 Å². The Morgan fingerprint density at radius 2 is 2.25 bits per heavy atom. The third-order valence-electron chi connectivity index (χ3n) is 2.76. The molecule has 20 heavy (non-hydrogen) atoms. The van der Waals surface area contributed by atoms with Crippen LogP contribution in [0.5, 0.6) is 0 Å². The lowest BCUT2D eigenvalue weighted by molar-refractivity contribution is 0.318. The number of hydrogen-bond donors (Lipinski definition) is 2. The van der Waals surface area contributed by atoms with Crippen LogP contribution in [-0.4, -0.2) is 28.3 Å². The number of anilines is 1. The van der Waals surface area contributed by atoms with Crippen molar-refractivity contribution in [3.05, 3.63) is 53.5 Å². The number of nitrogens with two attached hydrogens (primary N) is 1. The molecule has 1 aromatic heterocycles. The molecule has 0 unspecified atom stereocenters. The Balaban J connectivity index is 2.28. The summed E-state index contributed by atoms with van der Waals surface area (Å²) >= 11 is 0. The van der Waals surface area contributed by atoms with E-state index in [2.05, 4.69) is 15.4 Å². The minimum Gasteiger partial charge on any atom is -0.409 e. The zero-order valence-electron chi connectivity index (χ0n) is 10.9. The lowest BCUT2D eigenvalue weighted by atomic mass is 10.2. The molecule has 7 heteroatoms. The highest BCUT2D eigenvalue weighted by Gasteiger charge is 2.13. The molecule has 104 valence electrons. The van der Waals surface area contributed by atoms with E-state index in [1.54, 1.807) is 30.1 Å². The van der Waals surface area contributed by atoms with Crippen LogP contribution in [0, 0.1) is 5.82 Å². The van der Waals surface area contributed by atoms with Crippen molar-refractivity contribution in [2.45, 2.75) is 6.54 Å². The van der Waals surface area contributed by atoms with Gasteiger partial charge in [0, 0.05) is 13.6 Å². The smallest absolute Gasteiger partial charge is 0.173 e. The average Bonchev–Trinajstić information content (AvgIpc) is 2.46. The van der Waals surface area contributed by atoms with Gasteiger partial charge in [-0.15, -0.1) is 5.10 Å². The fraction of sp³-hybridized carbons (Fsp3) is 0.154. The Bertz CT molecular complexity index is 632. The Kier molecular flexibility index (Phi) is 4.09. The standard InChI is InChI=1S/C13H14FN5O/c1-19(8-9-3-2-4-10(14)7-9)13-11(12(15)18-20)5-6-16-17-13/h2-7,20H,8H2,1H3,(H2,15,18). The number of oxime groups is 1. The van der Waals surface area contributed by atoms with Crippen LogP contribution in [0.1, 0.15) is 11.1 Å². The highest BCUT2D eigenvalue weighted by molar-refractivity contribution is 6.01. The quantitative estimate of drug-likeness (QED) is 0.380. The van der Waals surface area contributed by atoms with Crippen molar-refractivity contribution in [3.8, 4) is 0 Å². The van der Waals surface area contributed by atoms with Gasteiger partial charge in [-0.2, -0.15) is 5.10 Å². The van der Waals surface area contributed by atoms with Crippen LogP contribution in [0.4, 0.5) is 10.2 Å². The molecule has 2 aromatic rings. The summed E-state index contributed by atoms with van der Waals surface area (Å²) in [6.07, 6.45) is 1.45. The SMILES string of the molecule is CN(Cc1cccc(F)c1)c1nnccc1/C(N)=N/O. The number of rotatable bonds is 4. The van der Waals surface area contributed by atoms with Crippen LogP contribution >= 0.6 is 0 Å². The maximum atomic E-state index is 13.2. The first-order chi connectivity index (χ1) is 9.61. The van der Waals surface area contributed by atoms with Gasteiger partial charge in [0.2, 0.25) is 0 Å². The molecule has 0 saturated heterocycles. The molecule has 0 atom stereocenters. The van der Waals surface area contributed by atoms with Crippen molar-refractivity contribution in [1.82, 2.24) is 10.2 Å². The van der Waals surface area contributed by atoms with E-state index in [1.807, 2.05) is 0 Å². The van der Waals surface area contributed by atoms with E-state index in [0.717, 1.165) is 5.56 Å². The molecule has 0 spiro atoms. The van der Waals surface area contributed by atoms with Gasteiger partial charge in [-0.25, -0.2) is 4.39 Å². The van der Waals surface area contributed by atoms with Gasteiger partial charge in [-0.3, -0.25) is 0 Å². The Morgan fingerprint density at radius 3 is 2.95 bits per heavy atom. The number of halogens is 1. The number of aromatic nitrogens is 2. The van der Waals surface area contributed by atoms with Crippen molar-refractivity contribution < 1.29 is 9.60 Å². The number of hydrogen-bond acceptors (Lipinski definition) is 5. The summed E-state index contributed by atoms with van der Waals surface area (Å²) in [5, 5.41) is 19.5. The molecule has 1 heterocycles. The van der Waals surface area contributed by atoms with E-state index in [9.17, 15) is 4.39 Å². The summed E-state index contributed by atoms with van der Waals surface area (Å²) in [6.45, 7) is 0.419. The number of amidine groups is 1. The van der Waals surface area contributed by atoms with Crippen molar-refractivity contribution >= 4 is 11.7 Å². The van der Waals surface area contributed by atoms with Crippen LogP contribution in [0.2, 0.25) is 0 Å². The largest absolute Gasteiger partial charge is 0.409 e. The first-order valence-electron chi connectivity index (χ1n) is 5.87. The lowest BCUT2D eigenvalue weighted by Gasteiger charge is -2.20. The summed E-state index contributed by atoms with van der Waals surface area (Å²) in [5.74, 6) is 0.0970. The summed E-state index contributed by atoms with van der Waals surface area (Å²) in [6, 6.07) is 7.86. The highest BCUT2D eigenvalue weighted by Crippen LogP contribution is 2.17. The Morgan fingerprint density at radius 1 is 1.45 bits per heavy atom. The van der Waals surface area contributed by atoms with E-state index in [4.69, 9.17) is 10.9 Å². The van der Waals surface area contributed by atoms with E-state index in [0.29, 0.717) is 17.9 Å². The predicted molar refractivity (Wildman–Crippen MR) is 73.0 cm³/mol. The molecule has 0 amide bonds.